The SMILES string of the molecule is CC(=O)c1ccc(S(=O)(=O)N(C)CCCC(=O)Nc2ccccc2N2CCOCC2)cc1. The average Bonchev–Trinajstić information content (AvgIpc) is 2.80. The third-order valence-corrected chi connectivity index (χ3v) is 7.25. The van der Waals surface area contributed by atoms with E-state index in [0.717, 1.165) is 24.5 Å². The molecule has 1 amide bonds. The Morgan fingerprint density at radius 1 is 1.06 bits per heavy atom. The number of morpholine rings is 1. The van der Waals surface area contributed by atoms with Crippen LogP contribution in [0.15, 0.2) is 53.4 Å². The summed E-state index contributed by atoms with van der Waals surface area (Å²) in [5, 5.41) is 2.95. The quantitative estimate of drug-likeness (QED) is 0.580. The van der Waals surface area contributed by atoms with E-state index >= 15 is 0 Å². The largest absolute Gasteiger partial charge is 0.378 e. The number of hydrogen-bond donors (Lipinski definition) is 1. The molecule has 8 nitrogen and oxygen atoms in total. The maximum atomic E-state index is 12.7. The van der Waals surface area contributed by atoms with E-state index in [9.17, 15) is 18.0 Å². The zero-order valence-electron chi connectivity index (χ0n) is 18.4. The molecule has 0 aromatic heterocycles. The van der Waals surface area contributed by atoms with Crippen molar-refractivity contribution in [3.8, 4) is 0 Å². The van der Waals surface area contributed by atoms with E-state index in [-0.39, 0.29) is 29.6 Å². The summed E-state index contributed by atoms with van der Waals surface area (Å²) in [6, 6.07) is 13.5. The van der Waals surface area contributed by atoms with Crippen LogP contribution in [0, 0.1) is 0 Å². The second kappa shape index (κ2) is 10.7. The topological polar surface area (TPSA) is 96.0 Å². The molecule has 0 bridgehead atoms. The Morgan fingerprint density at radius 3 is 2.38 bits per heavy atom. The first kappa shape index (κ1) is 23.9. The number of amides is 1. The molecule has 2 aromatic rings. The number of Topliss-reactive ketones (excluding diaryl/α,β-unsaturated/α-hetero) is 1. The molecule has 172 valence electrons. The Labute approximate surface area is 189 Å². The fourth-order valence-corrected chi connectivity index (χ4v) is 4.71. The van der Waals surface area contributed by atoms with Gasteiger partial charge in [-0.15, -0.1) is 0 Å². The summed E-state index contributed by atoms with van der Waals surface area (Å²) in [6.07, 6.45) is 0.577. The van der Waals surface area contributed by atoms with Crippen molar-refractivity contribution < 1.29 is 22.7 Å². The molecule has 32 heavy (non-hydrogen) atoms. The van der Waals surface area contributed by atoms with E-state index in [1.807, 2.05) is 24.3 Å². The van der Waals surface area contributed by atoms with E-state index in [1.165, 1.54) is 42.5 Å². The molecule has 1 aliphatic heterocycles. The van der Waals surface area contributed by atoms with Crippen LogP contribution in [0.4, 0.5) is 11.4 Å². The maximum absolute atomic E-state index is 12.7. The molecule has 0 aliphatic carbocycles. The number of ketones is 1. The number of rotatable bonds is 9. The summed E-state index contributed by atoms with van der Waals surface area (Å²) < 4.78 is 32.1. The Morgan fingerprint density at radius 2 is 1.72 bits per heavy atom. The minimum absolute atomic E-state index is 0.119. The van der Waals surface area contributed by atoms with E-state index in [2.05, 4.69) is 10.2 Å². The Hall–Kier alpha value is -2.75. The molecule has 3 rings (SSSR count). The van der Waals surface area contributed by atoms with Crippen LogP contribution < -0.4 is 10.2 Å². The summed E-state index contributed by atoms with van der Waals surface area (Å²) in [5.74, 6) is -0.286. The van der Waals surface area contributed by atoms with Gasteiger partial charge in [0.25, 0.3) is 0 Å². The van der Waals surface area contributed by atoms with Crippen LogP contribution in [0.3, 0.4) is 0 Å². The van der Waals surface area contributed by atoms with Gasteiger partial charge in [-0.25, -0.2) is 12.7 Å². The highest BCUT2D eigenvalue weighted by Crippen LogP contribution is 2.26. The molecule has 1 heterocycles. The molecule has 0 atom stereocenters. The van der Waals surface area contributed by atoms with Crippen LogP contribution in [-0.2, 0) is 19.6 Å². The fraction of sp³-hybridized carbons (Fsp3) is 0.391. The number of sulfonamides is 1. The fourth-order valence-electron chi connectivity index (χ4n) is 3.50. The van der Waals surface area contributed by atoms with Crippen molar-refractivity contribution in [2.75, 3.05) is 50.1 Å². The molecule has 0 radical (unpaired) electrons. The highest BCUT2D eigenvalue weighted by Gasteiger charge is 2.21. The first-order valence-electron chi connectivity index (χ1n) is 10.6. The number of carbonyl (C=O) groups excluding carboxylic acids is 2. The highest BCUT2D eigenvalue weighted by molar-refractivity contribution is 7.89. The lowest BCUT2D eigenvalue weighted by molar-refractivity contribution is -0.116. The Bertz CT molecular complexity index is 1050. The third kappa shape index (κ3) is 5.93. The summed E-state index contributed by atoms with van der Waals surface area (Å²) in [7, 11) is -2.20. The van der Waals surface area contributed by atoms with Crippen molar-refractivity contribution >= 4 is 33.1 Å². The standard InChI is InChI=1S/C23H29N3O5S/c1-18(27)19-9-11-20(12-10-19)32(29,30)25(2)13-5-8-23(28)24-21-6-3-4-7-22(21)26-14-16-31-17-15-26/h3-4,6-7,9-12H,5,8,13-17H2,1-2H3,(H,24,28). The molecule has 0 unspecified atom stereocenters. The molecule has 1 fully saturated rings. The van der Waals surface area contributed by atoms with Crippen LogP contribution in [0.2, 0.25) is 0 Å². The van der Waals surface area contributed by atoms with Crippen LogP contribution in [0.5, 0.6) is 0 Å². The average molecular weight is 460 g/mol. The van der Waals surface area contributed by atoms with E-state index in [1.54, 1.807) is 0 Å². The Balaban J connectivity index is 1.54. The van der Waals surface area contributed by atoms with Crippen molar-refractivity contribution in [1.29, 1.82) is 0 Å². The number of hydrogen-bond acceptors (Lipinski definition) is 6. The van der Waals surface area contributed by atoms with Crippen molar-refractivity contribution in [2.24, 2.45) is 0 Å². The van der Waals surface area contributed by atoms with Gasteiger partial charge >= 0.3 is 0 Å². The zero-order valence-corrected chi connectivity index (χ0v) is 19.2. The smallest absolute Gasteiger partial charge is 0.242 e. The number of ether oxygens (including phenoxy) is 1. The maximum Gasteiger partial charge on any atom is 0.242 e. The van der Waals surface area contributed by atoms with Crippen molar-refractivity contribution in [3.63, 3.8) is 0 Å². The van der Waals surface area contributed by atoms with Crippen molar-refractivity contribution in [2.45, 2.75) is 24.7 Å². The normalized spacial score (nSPS) is 14.4. The lowest BCUT2D eigenvalue weighted by atomic mass is 10.2. The van der Waals surface area contributed by atoms with Crippen LogP contribution in [0.25, 0.3) is 0 Å². The summed E-state index contributed by atoms with van der Waals surface area (Å²) in [6.45, 7) is 4.47. The molecule has 0 spiro atoms. The van der Waals surface area contributed by atoms with E-state index in [0.29, 0.717) is 25.2 Å². The summed E-state index contributed by atoms with van der Waals surface area (Å²) >= 11 is 0. The van der Waals surface area contributed by atoms with Crippen molar-refractivity contribution in [3.05, 3.63) is 54.1 Å². The number of benzene rings is 2. The molecular formula is C23H29N3O5S. The molecule has 2 aromatic carbocycles. The minimum Gasteiger partial charge on any atom is -0.378 e. The monoisotopic (exact) mass is 459 g/mol. The lowest BCUT2D eigenvalue weighted by Crippen LogP contribution is -2.36. The van der Waals surface area contributed by atoms with Crippen LogP contribution >= 0.6 is 0 Å². The molecule has 1 N–H and O–H groups in total. The predicted octanol–water partition coefficient (Wildman–Crippen LogP) is 2.77. The van der Waals surface area contributed by atoms with Gasteiger partial charge in [0.2, 0.25) is 15.9 Å². The number of anilines is 2. The highest BCUT2D eigenvalue weighted by atomic mass is 32.2. The van der Waals surface area contributed by atoms with Gasteiger partial charge in [0, 0.05) is 38.7 Å². The van der Waals surface area contributed by atoms with Gasteiger partial charge in [-0.1, -0.05) is 24.3 Å². The molecule has 0 saturated carbocycles. The van der Waals surface area contributed by atoms with Gasteiger partial charge in [0.05, 0.1) is 29.5 Å². The number of nitrogens with one attached hydrogen (secondary N) is 1. The first-order valence-corrected chi connectivity index (χ1v) is 12.0. The van der Waals surface area contributed by atoms with E-state index < -0.39 is 10.0 Å². The van der Waals surface area contributed by atoms with Gasteiger partial charge in [0.1, 0.15) is 0 Å². The lowest BCUT2D eigenvalue weighted by Gasteiger charge is -2.30. The molecule has 1 saturated heterocycles. The summed E-state index contributed by atoms with van der Waals surface area (Å²) in [5.41, 5.74) is 2.16. The Kier molecular flexibility index (Phi) is 8.00. The van der Waals surface area contributed by atoms with Crippen LogP contribution in [0.1, 0.15) is 30.1 Å². The third-order valence-electron chi connectivity index (χ3n) is 5.38. The van der Waals surface area contributed by atoms with Gasteiger partial charge in [-0.3, -0.25) is 9.59 Å². The summed E-state index contributed by atoms with van der Waals surface area (Å²) in [4.78, 5) is 26.2. The number of para-hydroxylation sites is 2. The van der Waals surface area contributed by atoms with Gasteiger partial charge in [0.15, 0.2) is 5.78 Å². The van der Waals surface area contributed by atoms with E-state index in [4.69, 9.17) is 4.74 Å². The second-order valence-corrected chi connectivity index (χ2v) is 9.72. The predicted molar refractivity (Wildman–Crippen MR) is 124 cm³/mol. The van der Waals surface area contributed by atoms with Crippen molar-refractivity contribution in [1.82, 2.24) is 4.31 Å². The van der Waals surface area contributed by atoms with Gasteiger partial charge < -0.3 is 15.0 Å². The van der Waals surface area contributed by atoms with Crippen LogP contribution in [-0.4, -0.2) is 64.3 Å². The molecule has 1 aliphatic rings. The molecular weight excluding hydrogens is 430 g/mol. The molecule has 9 heteroatoms. The van der Waals surface area contributed by atoms with Gasteiger partial charge in [-0.2, -0.15) is 0 Å². The zero-order chi connectivity index (χ0) is 23.1. The van der Waals surface area contributed by atoms with Gasteiger partial charge in [-0.05, 0) is 37.6 Å². The number of carbonyl (C=O) groups is 2. The second-order valence-electron chi connectivity index (χ2n) is 7.68. The number of nitrogens with zero attached hydrogens (tertiary/aromatic N) is 2. The minimum atomic E-state index is -3.69. The first-order chi connectivity index (χ1) is 15.3.